The van der Waals surface area contributed by atoms with E-state index >= 15 is 0 Å². The highest BCUT2D eigenvalue weighted by Crippen LogP contribution is 2.19. The first kappa shape index (κ1) is 15.3. The Labute approximate surface area is 140 Å². The first-order valence-electron chi connectivity index (χ1n) is 7.45. The van der Waals surface area contributed by atoms with E-state index in [1.807, 2.05) is 53.9 Å². The molecule has 0 atom stereocenters. The van der Waals surface area contributed by atoms with Crippen molar-refractivity contribution in [3.05, 3.63) is 76.5 Å². The van der Waals surface area contributed by atoms with Gasteiger partial charge in [-0.3, -0.25) is 4.79 Å². The Morgan fingerprint density at radius 2 is 1.52 bits per heavy atom. The number of benzene rings is 2. The zero-order chi connectivity index (χ0) is 16.1. The van der Waals surface area contributed by atoms with Crippen molar-refractivity contribution in [2.75, 3.05) is 10.6 Å². The lowest BCUT2D eigenvalue weighted by Gasteiger charge is -2.09. The first-order chi connectivity index (χ1) is 11.2. The summed E-state index contributed by atoms with van der Waals surface area (Å²) < 4.78 is 0. The molecule has 1 aromatic heterocycles. The molecule has 3 rings (SSSR count). The van der Waals surface area contributed by atoms with Gasteiger partial charge in [0.1, 0.15) is 0 Å². The van der Waals surface area contributed by atoms with Crippen LogP contribution in [0.3, 0.4) is 0 Å². The highest BCUT2D eigenvalue weighted by Gasteiger charge is 2.05. The fourth-order valence-electron chi connectivity index (χ4n) is 2.22. The lowest BCUT2D eigenvalue weighted by atomic mass is 10.2. The van der Waals surface area contributed by atoms with Gasteiger partial charge in [0.05, 0.1) is 6.42 Å². The predicted molar refractivity (Wildman–Crippen MR) is 97.6 cm³/mol. The zero-order valence-electron chi connectivity index (χ0n) is 12.9. The second-order valence-electron chi connectivity index (χ2n) is 5.37. The molecular formula is C19H18N2OS. The van der Waals surface area contributed by atoms with Crippen LogP contribution >= 0.6 is 11.3 Å². The van der Waals surface area contributed by atoms with E-state index in [9.17, 15) is 4.79 Å². The smallest absolute Gasteiger partial charge is 0.229 e. The second-order valence-corrected chi connectivity index (χ2v) is 6.40. The van der Waals surface area contributed by atoms with E-state index < -0.39 is 0 Å². The minimum Gasteiger partial charge on any atom is -0.356 e. The number of thiophene rings is 1. The molecule has 0 radical (unpaired) electrons. The maximum Gasteiger partial charge on any atom is 0.229 e. The molecule has 4 heteroatoms. The third kappa shape index (κ3) is 4.44. The summed E-state index contributed by atoms with van der Waals surface area (Å²) in [6.45, 7) is 2.07. The molecule has 0 bridgehead atoms. The van der Waals surface area contributed by atoms with Crippen LogP contribution in [0, 0.1) is 6.92 Å². The molecule has 3 aromatic rings. The van der Waals surface area contributed by atoms with Crippen LogP contribution in [-0.2, 0) is 11.2 Å². The summed E-state index contributed by atoms with van der Waals surface area (Å²) in [7, 11) is 0. The number of hydrogen-bond donors (Lipinski definition) is 2. The van der Waals surface area contributed by atoms with Crippen LogP contribution in [0.5, 0.6) is 0 Å². The van der Waals surface area contributed by atoms with Crippen molar-refractivity contribution in [1.82, 2.24) is 0 Å². The van der Waals surface area contributed by atoms with Gasteiger partial charge in [-0.15, -0.1) is 11.3 Å². The Bertz CT molecular complexity index is 762. The van der Waals surface area contributed by atoms with E-state index in [4.69, 9.17) is 0 Å². The molecule has 0 unspecified atom stereocenters. The van der Waals surface area contributed by atoms with Gasteiger partial charge in [0, 0.05) is 21.9 Å². The lowest BCUT2D eigenvalue weighted by Crippen LogP contribution is -2.13. The molecule has 0 saturated heterocycles. The fraction of sp³-hybridized carbons (Fsp3) is 0.105. The number of hydrogen-bond acceptors (Lipinski definition) is 3. The van der Waals surface area contributed by atoms with Gasteiger partial charge in [0.2, 0.25) is 5.91 Å². The summed E-state index contributed by atoms with van der Waals surface area (Å²) in [5.41, 5.74) is 4.08. The quantitative estimate of drug-likeness (QED) is 0.695. The highest BCUT2D eigenvalue weighted by molar-refractivity contribution is 7.10. The third-order valence-corrected chi connectivity index (χ3v) is 4.30. The summed E-state index contributed by atoms with van der Waals surface area (Å²) in [5.74, 6) is 0.00620. The Morgan fingerprint density at radius 3 is 2.13 bits per heavy atom. The lowest BCUT2D eigenvalue weighted by molar-refractivity contribution is -0.115. The van der Waals surface area contributed by atoms with Gasteiger partial charge in [-0.1, -0.05) is 23.8 Å². The van der Waals surface area contributed by atoms with E-state index in [1.165, 1.54) is 5.56 Å². The van der Waals surface area contributed by atoms with Gasteiger partial charge in [-0.05, 0) is 54.8 Å². The van der Waals surface area contributed by atoms with Crippen LogP contribution < -0.4 is 10.6 Å². The third-order valence-electron chi connectivity index (χ3n) is 3.42. The van der Waals surface area contributed by atoms with Gasteiger partial charge in [-0.2, -0.15) is 0 Å². The molecular weight excluding hydrogens is 304 g/mol. The SMILES string of the molecule is Cc1ccc(Nc2ccc(NC(=O)Cc3cccs3)cc2)cc1. The van der Waals surface area contributed by atoms with Crippen molar-refractivity contribution in [3.63, 3.8) is 0 Å². The number of aryl methyl sites for hydroxylation is 1. The normalized spacial score (nSPS) is 10.3. The van der Waals surface area contributed by atoms with Gasteiger partial charge in [0.25, 0.3) is 0 Å². The van der Waals surface area contributed by atoms with Crippen LogP contribution in [0.15, 0.2) is 66.0 Å². The highest BCUT2D eigenvalue weighted by atomic mass is 32.1. The number of nitrogens with one attached hydrogen (secondary N) is 2. The van der Waals surface area contributed by atoms with Crippen molar-refractivity contribution in [2.24, 2.45) is 0 Å². The van der Waals surface area contributed by atoms with Crippen molar-refractivity contribution < 1.29 is 4.79 Å². The molecule has 23 heavy (non-hydrogen) atoms. The number of anilines is 3. The largest absolute Gasteiger partial charge is 0.356 e. The molecule has 0 aliphatic rings. The molecule has 2 aromatic carbocycles. The number of carbonyl (C=O) groups is 1. The minimum absolute atomic E-state index is 0.00620. The number of carbonyl (C=O) groups excluding carboxylic acids is 1. The Hall–Kier alpha value is -2.59. The van der Waals surface area contributed by atoms with Crippen LogP contribution in [0.4, 0.5) is 17.1 Å². The van der Waals surface area contributed by atoms with E-state index in [2.05, 4.69) is 29.7 Å². The van der Waals surface area contributed by atoms with Crippen molar-refractivity contribution in [3.8, 4) is 0 Å². The van der Waals surface area contributed by atoms with Crippen molar-refractivity contribution in [1.29, 1.82) is 0 Å². The van der Waals surface area contributed by atoms with Gasteiger partial charge in [0.15, 0.2) is 0 Å². The van der Waals surface area contributed by atoms with Crippen LogP contribution in [0.2, 0.25) is 0 Å². The maximum atomic E-state index is 12.0. The summed E-state index contributed by atoms with van der Waals surface area (Å²) in [4.78, 5) is 13.0. The average Bonchev–Trinajstić information content (AvgIpc) is 3.04. The Morgan fingerprint density at radius 1 is 0.913 bits per heavy atom. The van der Waals surface area contributed by atoms with Gasteiger partial charge >= 0.3 is 0 Å². The molecule has 0 fully saturated rings. The van der Waals surface area contributed by atoms with E-state index in [0.29, 0.717) is 6.42 Å². The van der Waals surface area contributed by atoms with Gasteiger partial charge in [-0.25, -0.2) is 0 Å². The Balaban J connectivity index is 1.58. The van der Waals surface area contributed by atoms with E-state index in [0.717, 1.165) is 21.9 Å². The topological polar surface area (TPSA) is 41.1 Å². The summed E-state index contributed by atoms with van der Waals surface area (Å²) in [6.07, 6.45) is 0.418. The number of amides is 1. The Kier molecular flexibility index (Phi) is 4.74. The standard InChI is InChI=1S/C19H18N2OS/c1-14-4-6-15(7-5-14)20-16-8-10-17(11-9-16)21-19(22)13-18-3-2-12-23-18/h2-12,20H,13H2,1H3,(H,21,22). The van der Waals surface area contributed by atoms with E-state index in [1.54, 1.807) is 11.3 Å². The molecule has 3 nitrogen and oxygen atoms in total. The molecule has 0 aliphatic heterocycles. The molecule has 0 aliphatic carbocycles. The molecule has 0 saturated carbocycles. The first-order valence-corrected chi connectivity index (χ1v) is 8.33. The van der Waals surface area contributed by atoms with Gasteiger partial charge < -0.3 is 10.6 Å². The summed E-state index contributed by atoms with van der Waals surface area (Å²) >= 11 is 1.60. The minimum atomic E-state index is 0.00620. The maximum absolute atomic E-state index is 12.0. The van der Waals surface area contributed by atoms with Crippen molar-refractivity contribution in [2.45, 2.75) is 13.3 Å². The second kappa shape index (κ2) is 7.11. The van der Waals surface area contributed by atoms with Crippen LogP contribution in [-0.4, -0.2) is 5.91 Å². The predicted octanol–water partition coefficient (Wildman–Crippen LogP) is 4.98. The van der Waals surface area contributed by atoms with E-state index in [-0.39, 0.29) is 5.91 Å². The molecule has 0 spiro atoms. The summed E-state index contributed by atoms with van der Waals surface area (Å²) in [5, 5.41) is 8.24. The van der Waals surface area contributed by atoms with Crippen molar-refractivity contribution >= 4 is 34.3 Å². The summed E-state index contributed by atoms with van der Waals surface area (Å²) in [6, 6.07) is 19.9. The molecule has 2 N–H and O–H groups in total. The zero-order valence-corrected chi connectivity index (χ0v) is 13.7. The number of rotatable bonds is 5. The van der Waals surface area contributed by atoms with Crippen LogP contribution in [0.1, 0.15) is 10.4 Å². The van der Waals surface area contributed by atoms with Crippen LogP contribution in [0.25, 0.3) is 0 Å². The molecule has 116 valence electrons. The monoisotopic (exact) mass is 322 g/mol. The molecule has 1 heterocycles. The fourth-order valence-corrected chi connectivity index (χ4v) is 2.92. The molecule has 1 amide bonds. The average molecular weight is 322 g/mol.